The van der Waals surface area contributed by atoms with Gasteiger partial charge in [-0.1, -0.05) is 197 Å². The number of aryl methyl sites for hydroxylation is 6. The lowest BCUT2D eigenvalue weighted by molar-refractivity contribution is 0.448. The third kappa shape index (κ3) is 12.7. The van der Waals surface area contributed by atoms with Gasteiger partial charge >= 0.3 is 0 Å². The molecule has 0 spiro atoms. The average Bonchev–Trinajstić information content (AvgIpc) is 3.27. The Kier molecular flexibility index (Phi) is 15.3. The zero-order valence-corrected chi connectivity index (χ0v) is 49.0. The van der Waals surface area contributed by atoms with Gasteiger partial charge < -0.3 is 30.6 Å². The van der Waals surface area contributed by atoms with Gasteiger partial charge in [-0.3, -0.25) is 0 Å². The lowest BCUT2D eigenvalue weighted by atomic mass is 9.80. The highest BCUT2D eigenvalue weighted by Crippen LogP contribution is 2.43. The number of benzene rings is 6. The van der Waals surface area contributed by atoms with E-state index in [2.05, 4.69) is 197 Å². The second kappa shape index (κ2) is 20.2. The minimum Gasteiger partial charge on any atom is -0.507 e. The molecule has 0 saturated heterocycles. The molecule has 0 aromatic heterocycles. The van der Waals surface area contributed by atoms with Crippen LogP contribution in [0.5, 0.6) is 34.5 Å². The molecule has 75 heavy (non-hydrogen) atoms. The Morgan fingerprint density at radius 1 is 0.200 bits per heavy atom. The summed E-state index contributed by atoms with van der Waals surface area (Å²) in [5.41, 5.74) is 13.9. The number of phenolic OH excluding ortho intramolecular Hbond substituents is 6. The van der Waals surface area contributed by atoms with Gasteiger partial charge in [-0.25, -0.2) is 0 Å². The van der Waals surface area contributed by atoms with E-state index >= 15 is 0 Å². The maximum atomic E-state index is 12.4. The van der Waals surface area contributed by atoms with E-state index in [9.17, 15) is 30.6 Å². The van der Waals surface area contributed by atoms with Gasteiger partial charge in [0, 0.05) is 19.3 Å². The first-order valence-corrected chi connectivity index (χ1v) is 27.5. The van der Waals surface area contributed by atoms with E-state index in [1.807, 2.05) is 0 Å². The van der Waals surface area contributed by atoms with Crippen molar-refractivity contribution < 1.29 is 30.6 Å². The Bertz CT molecular complexity index is 2580. The van der Waals surface area contributed by atoms with E-state index in [-0.39, 0.29) is 67.0 Å². The van der Waals surface area contributed by atoms with Crippen molar-refractivity contribution in [3.8, 4) is 34.5 Å². The smallest absolute Gasteiger partial charge is 0.122 e. The molecule has 0 amide bonds. The lowest BCUT2D eigenvalue weighted by Crippen LogP contribution is -2.15. The van der Waals surface area contributed by atoms with Gasteiger partial charge in [0.15, 0.2) is 0 Å². The molecule has 1 aliphatic carbocycles. The summed E-state index contributed by atoms with van der Waals surface area (Å²) in [5, 5.41) is 74.1. The predicted octanol–water partition coefficient (Wildman–Crippen LogP) is 16.1. The van der Waals surface area contributed by atoms with Crippen molar-refractivity contribution in [1.82, 2.24) is 0 Å². The maximum absolute atomic E-state index is 12.4. The molecule has 0 radical (unpaired) electrons. The molecule has 0 unspecified atom stereocenters. The number of hydrogen-bond donors (Lipinski definition) is 6. The monoisotopic (exact) mass is 1010 g/mol. The third-order valence-corrected chi connectivity index (χ3v) is 15.9. The standard InChI is InChI=1S/C69H90O6/c1-64(2,3)52-28-40-19-20-41-29-54(66(7,8)9)36-48(60(41)72)26-49-37-56(68(13,14)15)32-44(62(49)74)23-24-45-33-57(69(16,17)18)39-51(63(45)75)27-50-38-55(67(10,11)12)31-43(61(50)73)22-21-42-30-53(65(4,5)6)35-47(59(42)71)25-46(34-52)58(40)70/h28-39,70-75H,19-27H2,1-18H3. The fraction of sp³-hybridized carbons (Fsp3) is 0.478. The molecular formula is C69H90O6. The molecule has 6 heteroatoms. The first-order chi connectivity index (χ1) is 34.4. The highest BCUT2D eigenvalue weighted by Gasteiger charge is 2.28. The van der Waals surface area contributed by atoms with Crippen LogP contribution in [0.4, 0.5) is 0 Å². The Labute approximate surface area is 451 Å². The average molecular weight is 1020 g/mol. The Morgan fingerprint density at radius 2 is 0.307 bits per heavy atom. The third-order valence-electron chi connectivity index (χ3n) is 15.9. The summed E-state index contributed by atoms with van der Waals surface area (Å²) in [7, 11) is 0. The number of rotatable bonds is 0. The van der Waals surface area contributed by atoms with Gasteiger partial charge in [-0.2, -0.15) is 0 Å². The van der Waals surface area contributed by atoms with Crippen molar-refractivity contribution >= 4 is 0 Å². The summed E-state index contributed by atoms with van der Waals surface area (Å²) < 4.78 is 0. The molecule has 12 bridgehead atoms. The van der Waals surface area contributed by atoms with Gasteiger partial charge in [0.1, 0.15) is 34.5 Å². The molecule has 402 valence electrons. The van der Waals surface area contributed by atoms with Crippen LogP contribution in [0.15, 0.2) is 72.8 Å². The summed E-state index contributed by atoms with van der Waals surface area (Å²) in [6, 6.07) is 25.1. The fourth-order valence-electron chi connectivity index (χ4n) is 10.5. The molecule has 6 aromatic rings. The van der Waals surface area contributed by atoms with Gasteiger partial charge in [0.05, 0.1) is 0 Å². The van der Waals surface area contributed by atoms with E-state index in [1.54, 1.807) is 0 Å². The largest absolute Gasteiger partial charge is 0.507 e. The van der Waals surface area contributed by atoms with Gasteiger partial charge in [-0.05, 0) is 171 Å². The molecule has 6 aromatic carbocycles. The van der Waals surface area contributed by atoms with E-state index in [1.165, 1.54) is 0 Å². The van der Waals surface area contributed by atoms with Crippen LogP contribution in [0.25, 0.3) is 0 Å². The Balaban J connectivity index is 1.49. The number of phenols is 6. The Hall–Kier alpha value is -5.88. The van der Waals surface area contributed by atoms with Crippen molar-refractivity contribution in [3.05, 3.63) is 173 Å². The van der Waals surface area contributed by atoms with Crippen molar-refractivity contribution in [2.45, 2.75) is 215 Å². The van der Waals surface area contributed by atoms with Crippen molar-refractivity contribution in [1.29, 1.82) is 0 Å². The van der Waals surface area contributed by atoms with Crippen LogP contribution in [-0.4, -0.2) is 30.6 Å². The SMILES string of the molecule is CC(C)(C)c1cc2c(O)c(c1)Cc1cc(C(C)(C)C)cc(c1O)CCc1cc(C(C)(C)C)cc(c1O)Cc1cc(C(C)(C)C)cc(c1O)CCc1cc(C(C)(C)C)cc(c1O)Cc1cc(C(C)(C)C)cc(c1O)CC2. The van der Waals surface area contributed by atoms with Crippen molar-refractivity contribution in [2.24, 2.45) is 0 Å². The van der Waals surface area contributed by atoms with Crippen LogP contribution in [-0.2, 0) is 90.3 Å². The summed E-state index contributed by atoms with van der Waals surface area (Å²) in [5.74, 6) is 1.13. The van der Waals surface area contributed by atoms with Gasteiger partial charge in [0.2, 0.25) is 0 Å². The maximum Gasteiger partial charge on any atom is 0.122 e. The molecule has 0 saturated carbocycles. The lowest BCUT2D eigenvalue weighted by Gasteiger charge is -2.25. The zero-order chi connectivity index (χ0) is 55.7. The zero-order valence-electron chi connectivity index (χ0n) is 49.0. The van der Waals surface area contributed by atoms with Crippen LogP contribution in [0.1, 0.15) is 225 Å². The summed E-state index contributed by atoms with van der Waals surface area (Å²) in [6.45, 7) is 39.1. The van der Waals surface area contributed by atoms with Gasteiger partial charge in [0.25, 0.3) is 0 Å². The molecule has 6 nitrogen and oxygen atoms in total. The van der Waals surface area contributed by atoms with E-state index in [0.717, 1.165) is 100 Å². The van der Waals surface area contributed by atoms with Crippen LogP contribution >= 0.6 is 0 Å². The second-order valence-electron chi connectivity index (χ2n) is 28.4. The summed E-state index contributed by atoms with van der Waals surface area (Å²) >= 11 is 0. The first-order valence-electron chi connectivity index (χ1n) is 27.5. The number of aromatic hydroxyl groups is 6. The molecule has 0 heterocycles. The topological polar surface area (TPSA) is 121 Å². The van der Waals surface area contributed by atoms with Crippen molar-refractivity contribution in [2.75, 3.05) is 0 Å². The van der Waals surface area contributed by atoms with Crippen LogP contribution in [0.3, 0.4) is 0 Å². The van der Waals surface area contributed by atoms with E-state index < -0.39 is 0 Å². The van der Waals surface area contributed by atoms with E-state index in [4.69, 9.17) is 0 Å². The van der Waals surface area contributed by atoms with Gasteiger partial charge in [-0.15, -0.1) is 0 Å². The number of fused-ring (bicyclic) bond motifs is 12. The Morgan fingerprint density at radius 3 is 0.413 bits per heavy atom. The highest BCUT2D eigenvalue weighted by molar-refractivity contribution is 5.57. The molecule has 0 aliphatic heterocycles. The fourth-order valence-corrected chi connectivity index (χ4v) is 10.5. The summed E-state index contributed by atoms with van der Waals surface area (Å²) in [6.07, 6.45) is 3.66. The molecule has 7 rings (SSSR count). The predicted molar refractivity (Wildman–Crippen MR) is 311 cm³/mol. The molecular weight excluding hydrogens is 925 g/mol. The van der Waals surface area contributed by atoms with Crippen LogP contribution < -0.4 is 0 Å². The molecule has 0 fully saturated rings. The quantitative estimate of drug-likeness (QED) is 0.0902. The minimum atomic E-state index is -0.250. The number of hydrogen-bond acceptors (Lipinski definition) is 6. The normalized spacial score (nSPS) is 14.6. The summed E-state index contributed by atoms with van der Waals surface area (Å²) in [4.78, 5) is 0. The van der Waals surface area contributed by atoms with E-state index in [0.29, 0.717) is 57.8 Å². The minimum absolute atomic E-state index is 0.188. The highest BCUT2D eigenvalue weighted by atomic mass is 16.3. The molecule has 0 atom stereocenters. The first kappa shape index (κ1) is 56.8. The van der Waals surface area contributed by atoms with Crippen molar-refractivity contribution in [3.63, 3.8) is 0 Å². The molecule has 1 aliphatic rings. The van der Waals surface area contributed by atoms with Crippen LogP contribution in [0.2, 0.25) is 0 Å². The molecule has 6 N–H and O–H groups in total. The van der Waals surface area contributed by atoms with Crippen LogP contribution in [0, 0.1) is 0 Å². The second-order valence-corrected chi connectivity index (χ2v) is 28.4.